The first-order valence-electron chi connectivity index (χ1n) is 10.2. The normalized spacial score (nSPS) is 22.4. The highest BCUT2D eigenvalue weighted by Crippen LogP contribution is 2.15. The number of halogens is 1. The number of aliphatic imine (C=N–C) groups is 1. The fourth-order valence-electron chi connectivity index (χ4n) is 4.07. The molecule has 3 rings (SSSR count). The lowest BCUT2D eigenvalue weighted by molar-refractivity contribution is 0.198. The van der Waals surface area contributed by atoms with Gasteiger partial charge in [-0.15, -0.1) is 24.0 Å². The van der Waals surface area contributed by atoms with Gasteiger partial charge in [-0.25, -0.2) is 0 Å². The van der Waals surface area contributed by atoms with Crippen molar-refractivity contribution in [1.82, 2.24) is 20.4 Å². The first-order chi connectivity index (χ1) is 12.8. The second-order valence-electron chi connectivity index (χ2n) is 7.68. The third kappa shape index (κ3) is 7.23. The molecule has 0 bridgehead atoms. The zero-order valence-electron chi connectivity index (χ0n) is 16.9. The molecule has 27 heavy (non-hydrogen) atoms. The van der Waals surface area contributed by atoms with Crippen molar-refractivity contribution in [2.24, 2.45) is 10.9 Å². The molecule has 0 amide bonds. The summed E-state index contributed by atoms with van der Waals surface area (Å²) >= 11 is 0. The summed E-state index contributed by atoms with van der Waals surface area (Å²) in [6.45, 7) is 10.3. The highest BCUT2D eigenvalue weighted by molar-refractivity contribution is 14.0. The Hall–Kier alpha value is -0.860. The van der Waals surface area contributed by atoms with Crippen LogP contribution in [0, 0.1) is 5.92 Å². The molecule has 0 saturated carbocycles. The molecule has 0 radical (unpaired) electrons. The van der Waals surface area contributed by atoms with E-state index in [-0.39, 0.29) is 24.0 Å². The van der Waals surface area contributed by atoms with Crippen molar-refractivity contribution < 1.29 is 0 Å². The van der Waals surface area contributed by atoms with E-state index in [4.69, 9.17) is 0 Å². The van der Waals surface area contributed by atoms with Gasteiger partial charge in [0.25, 0.3) is 0 Å². The van der Waals surface area contributed by atoms with Crippen LogP contribution in [0.1, 0.15) is 31.7 Å². The number of nitrogens with one attached hydrogen (secondary N) is 2. The highest BCUT2D eigenvalue weighted by Gasteiger charge is 2.23. The van der Waals surface area contributed by atoms with Gasteiger partial charge in [0.05, 0.1) is 0 Å². The summed E-state index contributed by atoms with van der Waals surface area (Å²) in [6, 6.07) is 11.3. The van der Waals surface area contributed by atoms with Crippen LogP contribution in [0.3, 0.4) is 0 Å². The number of piperidine rings is 1. The van der Waals surface area contributed by atoms with E-state index in [0.717, 1.165) is 38.1 Å². The summed E-state index contributed by atoms with van der Waals surface area (Å²) in [4.78, 5) is 9.53. The molecule has 0 aromatic heterocycles. The predicted octanol–water partition coefficient (Wildman–Crippen LogP) is 2.78. The van der Waals surface area contributed by atoms with Crippen molar-refractivity contribution in [3.05, 3.63) is 35.9 Å². The number of benzene rings is 1. The molecule has 1 unspecified atom stereocenters. The Bertz CT molecular complexity index is 557. The van der Waals surface area contributed by atoms with Gasteiger partial charge in [-0.05, 0) is 43.8 Å². The predicted molar refractivity (Wildman–Crippen MR) is 125 cm³/mol. The molecule has 1 atom stereocenters. The second-order valence-corrected chi connectivity index (χ2v) is 7.68. The van der Waals surface area contributed by atoms with Gasteiger partial charge in [-0.2, -0.15) is 0 Å². The third-order valence-electron chi connectivity index (χ3n) is 5.78. The number of likely N-dealkylation sites (tertiary alicyclic amines) is 2. The van der Waals surface area contributed by atoms with Crippen LogP contribution in [0.4, 0.5) is 0 Å². The Kier molecular flexibility index (Phi) is 9.86. The molecule has 2 fully saturated rings. The molecule has 2 aliphatic rings. The van der Waals surface area contributed by atoms with E-state index in [1.807, 2.05) is 7.05 Å². The van der Waals surface area contributed by atoms with Crippen LogP contribution in [0.15, 0.2) is 35.3 Å². The molecule has 2 saturated heterocycles. The Labute approximate surface area is 182 Å². The Balaban J connectivity index is 0.00000261. The van der Waals surface area contributed by atoms with Gasteiger partial charge in [-0.3, -0.25) is 9.89 Å². The van der Waals surface area contributed by atoms with E-state index in [1.165, 1.54) is 44.5 Å². The van der Waals surface area contributed by atoms with Crippen molar-refractivity contribution >= 4 is 29.9 Å². The monoisotopic (exact) mass is 485 g/mol. The first-order valence-corrected chi connectivity index (χ1v) is 10.2. The number of nitrogens with zero attached hydrogens (tertiary/aromatic N) is 3. The SMILES string of the molecule is CCN1CCC(CNC(=NC)NC2CCN(Cc3ccccc3)CC2)C1.I. The van der Waals surface area contributed by atoms with Gasteiger partial charge in [-0.1, -0.05) is 37.3 Å². The lowest BCUT2D eigenvalue weighted by Crippen LogP contribution is -2.49. The van der Waals surface area contributed by atoms with E-state index < -0.39 is 0 Å². The van der Waals surface area contributed by atoms with E-state index in [2.05, 4.69) is 62.7 Å². The number of rotatable bonds is 6. The topological polar surface area (TPSA) is 42.9 Å². The summed E-state index contributed by atoms with van der Waals surface area (Å²) in [6.07, 6.45) is 3.66. The quantitative estimate of drug-likeness (QED) is 0.370. The number of hydrogen-bond acceptors (Lipinski definition) is 3. The van der Waals surface area contributed by atoms with Gasteiger partial charge in [0, 0.05) is 45.8 Å². The summed E-state index contributed by atoms with van der Waals surface area (Å²) in [5.41, 5.74) is 1.41. The summed E-state index contributed by atoms with van der Waals surface area (Å²) in [7, 11) is 1.88. The summed E-state index contributed by atoms with van der Waals surface area (Å²) in [5, 5.41) is 7.19. The lowest BCUT2D eigenvalue weighted by atomic mass is 10.0. The average molecular weight is 485 g/mol. The third-order valence-corrected chi connectivity index (χ3v) is 5.78. The maximum Gasteiger partial charge on any atom is 0.191 e. The zero-order valence-corrected chi connectivity index (χ0v) is 19.2. The standard InChI is InChI=1S/C21H35N5.HI/c1-3-25-12-9-19(17-25)15-23-21(22-2)24-20-10-13-26(14-11-20)16-18-7-5-4-6-8-18;/h4-8,19-20H,3,9-17H2,1-2H3,(H2,22,23,24);1H. The molecule has 5 nitrogen and oxygen atoms in total. The van der Waals surface area contributed by atoms with Crippen LogP contribution in [-0.4, -0.2) is 68.1 Å². The van der Waals surface area contributed by atoms with Crippen LogP contribution in [-0.2, 0) is 6.54 Å². The number of guanidine groups is 1. The van der Waals surface area contributed by atoms with Crippen molar-refractivity contribution in [3.8, 4) is 0 Å². The van der Waals surface area contributed by atoms with Crippen LogP contribution in [0.25, 0.3) is 0 Å². The van der Waals surface area contributed by atoms with Gasteiger partial charge in [0.1, 0.15) is 0 Å². The van der Waals surface area contributed by atoms with Crippen LogP contribution < -0.4 is 10.6 Å². The average Bonchev–Trinajstić information content (AvgIpc) is 3.15. The maximum atomic E-state index is 4.44. The van der Waals surface area contributed by atoms with Gasteiger partial charge in [0.2, 0.25) is 0 Å². The molecule has 2 N–H and O–H groups in total. The van der Waals surface area contributed by atoms with Gasteiger partial charge in [0.15, 0.2) is 5.96 Å². The van der Waals surface area contributed by atoms with Gasteiger partial charge < -0.3 is 15.5 Å². The minimum atomic E-state index is 0. The summed E-state index contributed by atoms with van der Waals surface area (Å²) < 4.78 is 0. The summed E-state index contributed by atoms with van der Waals surface area (Å²) in [5.74, 6) is 1.72. The zero-order chi connectivity index (χ0) is 18.2. The molecule has 6 heteroatoms. The van der Waals surface area contributed by atoms with Crippen LogP contribution in [0.5, 0.6) is 0 Å². The van der Waals surface area contributed by atoms with E-state index in [9.17, 15) is 0 Å². The smallest absolute Gasteiger partial charge is 0.191 e. The van der Waals surface area contributed by atoms with Crippen molar-refractivity contribution in [2.45, 2.75) is 38.8 Å². The minimum Gasteiger partial charge on any atom is -0.356 e. The highest BCUT2D eigenvalue weighted by atomic mass is 127. The first kappa shape index (κ1) is 22.4. The molecule has 0 aliphatic carbocycles. The number of hydrogen-bond donors (Lipinski definition) is 2. The van der Waals surface area contributed by atoms with Crippen molar-refractivity contribution in [1.29, 1.82) is 0 Å². The fraction of sp³-hybridized carbons (Fsp3) is 0.667. The second kappa shape index (κ2) is 11.9. The Morgan fingerprint density at radius 1 is 1.07 bits per heavy atom. The molecular weight excluding hydrogens is 449 g/mol. The molecule has 2 aliphatic heterocycles. The Morgan fingerprint density at radius 2 is 1.78 bits per heavy atom. The van der Waals surface area contributed by atoms with Crippen LogP contribution in [0.2, 0.25) is 0 Å². The molecule has 1 aromatic carbocycles. The fourth-order valence-corrected chi connectivity index (χ4v) is 4.07. The molecular formula is C21H36IN5. The minimum absolute atomic E-state index is 0. The molecule has 0 spiro atoms. The van der Waals surface area contributed by atoms with E-state index >= 15 is 0 Å². The van der Waals surface area contributed by atoms with E-state index in [0.29, 0.717) is 6.04 Å². The van der Waals surface area contributed by atoms with Crippen molar-refractivity contribution in [2.75, 3.05) is 46.3 Å². The van der Waals surface area contributed by atoms with E-state index in [1.54, 1.807) is 0 Å². The molecule has 1 aromatic rings. The van der Waals surface area contributed by atoms with Crippen LogP contribution >= 0.6 is 24.0 Å². The largest absolute Gasteiger partial charge is 0.356 e. The lowest BCUT2D eigenvalue weighted by Gasteiger charge is -2.33. The van der Waals surface area contributed by atoms with Gasteiger partial charge >= 0.3 is 0 Å². The maximum absolute atomic E-state index is 4.44. The Morgan fingerprint density at radius 3 is 2.41 bits per heavy atom. The molecule has 152 valence electrons. The van der Waals surface area contributed by atoms with Crippen molar-refractivity contribution in [3.63, 3.8) is 0 Å². The molecule has 2 heterocycles.